The molecule has 1 aliphatic heterocycles. The minimum atomic E-state index is -4.56. The van der Waals surface area contributed by atoms with Crippen LogP contribution in [0.5, 0.6) is 5.75 Å². The zero-order valence-corrected chi connectivity index (χ0v) is 23.0. The van der Waals surface area contributed by atoms with Crippen LogP contribution < -0.4 is 9.61 Å². The molecule has 0 spiro atoms. The molecule has 40 heavy (non-hydrogen) atoms. The first-order valence-corrected chi connectivity index (χ1v) is 13.8. The summed E-state index contributed by atoms with van der Waals surface area (Å²) in [7, 11) is -4.56. The third-order valence-electron chi connectivity index (χ3n) is 6.14. The van der Waals surface area contributed by atoms with Gasteiger partial charge in [0.1, 0.15) is 43.0 Å². The number of alkyl halides is 1. The van der Waals surface area contributed by atoms with Gasteiger partial charge in [-0.3, -0.25) is 9.32 Å². The Morgan fingerprint density at radius 3 is 2.60 bits per heavy atom. The lowest BCUT2D eigenvalue weighted by Gasteiger charge is -2.28. The van der Waals surface area contributed by atoms with Crippen molar-refractivity contribution in [1.82, 2.24) is 19.7 Å². The van der Waals surface area contributed by atoms with Gasteiger partial charge in [-0.25, -0.2) is 18.5 Å². The number of carbonyl (C=O) groups is 1. The van der Waals surface area contributed by atoms with Crippen molar-refractivity contribution in [2.75, 3.05) is 6.61 Å². The van der Waals surface area contributed by atoms with Gasteiger partial charge in [0.05, 0.1) is 23.0 Å². The summed E-state index contributed by atoms with van der Waals surface area (Å²) < 4.78 is 52.5. The Hall–Kier alpha value is -3.44. The number of carbonyl (C=O) groups excluding carboxylic acids is 1. The molecular weight excluding hydrogens is 548 g/mol. The maximum absolute atomic E-state index is 16.2. The third kappa shape index (κ3) is 5.57. The molecular formula is C25H29FN5O8P. The highest BCUT2D eigenvalue weighted by Gasteiger charge is 2.66. The minimum Gasteiger partial charge on any atom is -0.462 e. The molecule has 3 aromatic rings. The second-order valence-electron chi connectivity index (χ2n) is 9.50. The number of aryl methyl sites for hydroxylation is 1. The zero-order chi connectivity index (χ0) is 29.3. The highest BCUT2D eigenvalue weighted by Crippen LogP contribution is 2.50. The summed E-state index contributed by atoms with van der Waals surface area (Å²) >= 11 is 0. The molecule has 3 heterocycles. The SMILES string of the molecule is Cc1ncnn2c([C@]3(C#N)O[C@](F)(COP(=O)(N[C@@H](C)C(=O)OC(C)C)Oc4ccccc4)[C@@H](O)[C@H]3O)ccc12. The number of ether oxygens (including phenoxy) is 2. The first-order chi connectivity index (χ1) is 18.8. The summed E-state index contributed by atoms with van der Waals surface area (Å²) in [6.45, 7) is 5.01. The van der Waals surface area contributed by atoms with Gasteiger partial charge in [0.25, 0.3) is 5.85 Å². The topological polar surface area (TPSA) is 178 Å². The summed E-state index contributed by atoms with van der Waals surface area (Å²) in [4.78, 5) is 16.4. The minimum absolute atomic E-state index is 0.0599. The van der Waals surface area contributed by atoms with E-state index in [2.05, 4.69) is 15.2 Å². The van der Waals surface area contributed by atoms with Crippen LogP contribution in [0.2, 0.25) is 0 Å². The van der Waals surface area contributed by atoms with Crippen LogP contribution in [0, 0.1) is 18.3 Å². The van der Waals surface area contributed by atoms with Gasteiger partial charge in [-0.2, -0.15) is 15.4 Å². The quantitative estimate of drug-likeness (QED) is 0.237. The van der Waals surface area contributed by atoms with Crippen molar-refractivity contribution >= 4 is 19.2 Å². The molecule has 0 bridgehead atoms. The Balaban J connectivity index is 1.62. The molecule has 1 unspecified atom stereocenters. The van der Waals surface area contributed by atoms with Gasteiger partial charge in [0.2, 0.25) is 5.60 Å². The highest BCUT2D eigenvalue weighted by atomic mass is 31.2. The van der Waals surface area contributed by atoms with Crippen LogP contribution in [0.3, 0.4) is 0 Å². The lowest BCUT2D eigenvalue weighted by molar-refractivity contribution is -0.208. The average Bonchev–Trinajstić information content (AvgIpc) is 3.43. The van der Waals surface area contributed by atoms with Gasteiger partial charge >= 0.3 is 13.7 Å². The van der Waals surface area contributed by atoms with E-state index in [0.29, 0.717) is 11.2 Å². The standard InChI is InChI=1S/C25H29FN5O8P/c1-15(2)37-23(34)17(4)30-40(35,38-18-8-6-5-7-9-18)36-13-25(26)22(33)21(32)24(12-27,39-25)20-11-10-19-16(3)28-14-29-31(19)20/h5-11,14-15,17,21-22,32-33H,13H2,1-4H3,(H,30,35)/t17-,21+,22-,24-,25+,40?/m0/s1. The predicted molar refractivity (Wildman–Crippen MR) is 136 cm³/mol. The molecule has 15 heteroatoms. The lowest BCUT2D eigenvalue weighted by atomic mass is 9.92. The first kappa shape index (κ1) is 29.5. The first-order valence-electron chi connectivity index (χ1n) is 12.3. The van der Waals surface area contributed by atoms with Gasteiger partial charge < -0.3 is 24.2 Å². The van der Waals surface area contributed by atoms with Crippen LogP contribution in [0.1, 0.15) is 32.2 Å². The maximum atomic E-state index is 16.2. The molecule has 6 atom stereocenters. The molecule has 1 fully saturated rings. The fraction of sp³-hybridized carbons (Fsp3) is 0.440. The van der Waals surface area contributed by atoms with Crippen LogP contribution >= 0.6 is 7.75 Å². The molecule has 214 valence electrons. The van der Waals surface area contributed by atoms with E-state index in [1.165, 1.54) is 36.0 Å². The van der Waals surface area contributed by atoms with Crippen molar-refractivity contribution in [3.05, 3.63) is 60.2 Å². The normalized spacial score (nSPS) is 26.8. The summed E-state index contributed by atoms with van der Waals surface area (Å²) in [5, 5.41) is 38.1. The summed E-state index contributed by atoms with van der Waals surface area (Å²) in [6, 6.07) is 11.2. The van der Waals surface area contributed by atoms with E-state index in [1.807, 2.05) is 0 Å². The molecule has 1 aliphatic rings. The second-order valence-corrected chi connectivity index (χ2v) is 11.2. The van der Waals surface area contributed by atoms with E-state index < -0.39 is 56.1 Å². The zero-order valence-electron chi connectivity index (χ0n) is 22.1. The van der Waals surface area contributed by atoms with Gasteiger partial charge in [-0.1, -0.05) is 18.2 Å². The number of aliphatic hydroxyl groups is 2. The molecule has 3 N–H and O–H groups in total. The van der Waals surface area contributed by atoms with E-state index in [0.717, 1.165) is 0 Å². The summed E-state index contributed by atoms with van der Waals surface area (Å²) in [6.07, 6.45) is -3.70. The Bertz CT molecular complexity index is 1470. The maximum Gasteiger partial charge on any atom is 0.459 e. The van der Waals surface area contributed by atoms with E-state index in [1.54, 1.807) is 51.1 Å². The molecule has 0 amide bonds. The average molecular weight is 578 g/mol. The number of para-hydroxylation sites is 1. The Morgan fingerprint density at radius 1 is 1.25 bits per heavy atom. The number of benzene rings is 1. The van der Waals surface area contributed by atoms with Crippen LogP contribution in [0.15, 0.2) is 48.8 Å². The van der Waals surface area contributed by atoms with Crippen molar-refractivity contribution < 1.29 is 42.5 Å². The number of aromatic nitrogens is 3. The number of esters is 1. The van der Waals surface area contributed by atoms with E-state index in [4.69, 9.17) is 18.5 Å². The number of halogens is 1. The molecule has 4 rings (SSSR count). The largest absolute Gasteiger partial charge is 0.462 e. The van der Waals surface area contributed by atoms with Gasteiger partial charge in [-0.05, 0) is 52.0 Å². The number of fused-ring (bicyclic) bond motifs is 1. The molecule has 2 aromatic heterocycles. The van der Waals surface area contributed by atoms with E-state index >= 15 is 4.39 Å². The number of nitriles is 1. The molecule has 0 saturated carbocycles. The molecule has 0 radical (unpaired) electrons. The van der Waals surface area contributed by atoms with Crippen LogP contribution in [-0.2, 0) is 29.0 Å². The summed E-state index contributed by atoms with van der Waals surface area (Å²) in [5.74, 6) is -3.97. The van der Waals surface area contributed by atoms with Crippen LogP contribution in [0.4, 0.5) is 4.39 Å². The fourth-order valence-corrected chi connectivity index (χ4v) is 5.66. The van der Waals surface area contributed by atoms with E-state index in [9.17, 15) is 24.8 Å². The monoisotopic (exact) mass is 577 g/mol. The lowest BCUT2D eigenvalue weighted by Crippen LogP contribution is -2.44. The number of aliphatic hydroxyl groups excluding tert-OH is 2. The number of nitrogens with one attached hydrogen (secondary N) is 1. The Labute approximate surface area is 229 Å². The third-order valence-corrected chi connectivity index (χ3v) is 7.76. The fourth-order valence-electron chi connectivity index (χ4n) is 4.16. The molecule has 1 saturated heterocycles. The predicted octanol–water partition coefficient (Wildman–Crippen LogP) is 2.31. The second kappa shape index (κ2) is 11.2. The Morgan fingerprint density at radius 2 is 1.95 bits per heavy atom. The van der Waals surface area contributed by atoms with Gasteiger partial charge in [0.15, 0.2) is 0 Å². The number of hydrogen-bond acceptors (Lipinski definition) is 11. The number of hydrogen-bond donors (Lipinski definition) is 3. The van der Waals surface area contributed by atoms with Crippen molar-refractivity contribution in [2.24, 2.45) is 0 Å². The molecule has 1 aromatic carbocycles. The number of rotatable bonds is 10. The Kier molecular flexibility index (Phi) is 8.28. The van der Waals surface area contributed by atoms with Crippen molar-refractivity contribution in [2.45, 2.75) is 63.5 Å². The van der Waals surface area contributed by atoms with Crippen molar-refractivity contribution in [1.29, 1.82) is 5.26 Å². The van der Waals surface area contributed by atoms with E-state index in [-0.39, 0.29) is 11.4 Å². The molecule has 0 aliphatic carbocycles. The van der Waals surface area contributed by atoms with Crippen molar-refractivity contribution in [3.63, 3.8) is 0 Å². The van der Waals surface area contributed by atoms with Crippen LogP contribution in [-0.4, -0.2) is 67.6 Å². The summed E-state index contributed by atoms with van der Waals surface area (Å²) in [5.41, 5.74) is -1.52. The van der Waals surface area contributed by atoms with Crippen molar-refractivity contribution in [3.8, 4) is 11.8 Å². The highest BCUT2D eigenvalue weighted by molar-refractivity contribution is 7.52. The number of nitrogens with zero attached hydrogens (tertiary/aromatic N) is 4. The van der Waals surface area contributed by atoms with Crippen LogP contribution in [0.25, 0.3) is 5.52 Å². The molecule has 13 nitrogen and oxygen atoms in total. The van der Waals surface area contributed by atoms with Gasteiger partial charge in [0, 0.05) is 0 Å². The smallest absolute Gasteiger partial charge is 0.459 e. The van der Waals surface area contributed by atoms with Gasteiger partial charge in [-0.15, -0.1) is 0 Å².